The molecule has 0 spiro atoms. The Morgan fingerprint density at radius 2 is 1.61 bits per heavy atom. The first-order valence-corrected chi connectivity index (χ1v) is 13.1. The topological polar surface area (TPSA) is 122 Å². The molecule has 36 heavy (non-hydrogen) atoms. The van der Waals surface area contributed by atoms with E-state index in [1.165, 1.54) is 4.57 Å². The van der Waals surface area contributed by atoms with Crippen LogP contribution in [0.15, 0.2) is 33.9 Å². The Hall–Kier alpha value is -3.20. The van der Waals surface area contributed by atoms with E-state index in [4.69, 9.17) is 10.1 Å². The lowest BCUT2D eigenvalue weighted by molar-refractivity contribution is 0.0695. The predicted molar refractivity (Wildman–Crippen MR) is 138 cm³/mol. The van der Waals surface area contributed by atoms with Gasteiger partial charge in [-0.2, -0.15) is 0 Å². The van der Waals surface area contributed by atoms with E-state index in [-0.39, 0.29) is 22.2 Å². The first-order valence-electron chi connectivity index (χ1n) is 13.1. The molecule has 3 aliphatic carbocycles. The summed E-state index contributed by atoms with van der Waals surface area (Å²) >= 11 is 0. The van der Waals surface area contributed by atoms with Gasteiger partial charge in [0.25, 0.3) is 5.56 Å². The van der Waals surface area contributed by atoms with Crippen LogP contribution in [0.4, 0.5) is 0 Å². The monoisotopic (exact) mass is 493 g/mol. The van der Waals surface area contributed by atoms with E-state index in [0.717, 1.165) is 62.8 Å². The van der Waals surface area contributed by atoms with Crippen LogP contribution in [0.25, 0.3) is 11.2 Å². The molecule has 9 nitrogen and oxygen atoms in total. The molecule has 3 aromatic rings. The number of nitrogens with one attached hydrogen (secondary N) is 2. The number of fused-ring (bicyclic) bond motifs is 4. The summed E-state index contributed by atoms with van der Waals surface area (Å²) in [5.74, 6) is -0.0591. The second-order valence-corrected chi connectivity index (χ2v) is 10.6. The van der Waals surface area contributed by atoms with E-state index in [1.54, 1.807) is 16.7 Å². The molecular formula is C27H35N5O4. The number of carbonyl (C=O) groups is 1. The first kappa shape index (κ1) is 24.5. The summed E-state index contributed by atoms with van der Waals surface area (Å²) in [5.41, 5.74) is 1.76. The van der Waals surface area contributed by atoms with Gasteiger partial charge < -0.3 is 15.4 Å². The highest BCUT2D eigenvalue weighted by atomic mass is 16.4. The van der Waals surface area contributed by atoms with Crippen LogP contribution in [0.5, 0.6) is 0 Å². The van der Waals surface area contributed by atoms with Crippen molar-refractivity contribution in [3.05, 3.63) is 62.1 Å². The minimum atomic E-state index is -0.912. The Kier molecular flexibility index (Phi) is 6.36. The third-order valence-electron chi connectivity index (χ3n) is 8.37. The van der Waals surface area contributed by atoms with Crippen molar-refractivity contribution < 1.29 is 9.90 Å². The Morgan fingerprint density at radius 3 is 2.19 bits per heavy atom. The molecule has 3 fully saturated rings. The summed E-state index contributed by atoms with van der Waals surface area (Å²) < 4.78 is 3.01. The minimum Gasteiger partial charge on any atom is -0.478 e. The van der Waals surface area contributed by atoms with E-state index < -0.39 is 5.97 Å². The summed E-state index contributed by atoms with van der Waals surface area (Å²) in [5, 5.41) is 12.9. The summed E-state index contributed by atoms with van der Waals surface area (Å²) in [6.07, 6.45) is 7.46. The van der Waals surface area contributed by atoms with Gasteiger partial charge in [-0.15, -0.1) is 0 Å². The molecule has 1 aromatic carbocycles. The van der Waals surface area contributed by atoms with Crippen LogP contribution < -0.4 is 16.6 Å². The molecule has 0 amide bonds. The zero-order valence-corrected chi connectivity index (χ0v) is 21.1. The van der Waals surface area contributed by atoms with Crippen LogP contribution in [0.3, 0.4) is 0 Å². The Morgan fingerprint density at radius 1 is 1.00 bits per heavy atom. The first-order chi connectivity index (χ1) is 17.3. The molecule has 2 bridgehead atoms. The molecule has 3 N–H and O–H groups in total. The van der Waals surface area contributed by atoms with Crippen molar-refractivity contribution in [1.29, 1.82) is 0 Å². The maximum atomic E-state index is 13.2. The van der Waals surface area contributed by atoms with E-state index in [1.807, 2.05) is 26.0 Å². The van der Waals surface area contributed by atoms with Crippen LogP contribution >= 0.6 is 0 Å². The lowest BCUT2D eigenvalue weighted by Gasteiger charge is -2.53. The van der Waals surface area contributed by atoms with Crippen LogP contribution in [-0.2, 0) is 25.0 Å². The van der Waals surface area contributed by atoms with E-state index >= 15 is 0 Å². The molecule has 0 radical (unpaired) electrons. The van der Waals surface area contributed by atoms with E-state index in [9.17, 15) is 14.4 Å². The second kappa shape index (κ2) is 9.35. The number of aromatic amines is 1. The Labute approximate surface area is 209 Å². The van der Waals surface area contributed by atoms with E-state index in [0.29, 0.717) is 36.4 Å². The highest BCUT2D eigenvalue weighted by molar-refractivity contribution is 5.87. The molecule has 0 atom stereocenters. The molecule has 0 aliphatic heterocycles. The number of hydrogen-bond acceptors (Lipinski definition) is 5. The van der Waals surface area contributed by atoms with Gasteiger partial charge in [-0.3, -0.25) is 13.9 Å². The van der Waals surface area contributed by atoms with Gasteiger partial charge >= 0.3 is 11.7 Å². The average Bonchev–Trinajstić information content (AvgIpc) is 3.36. The molecule has 9 heteroatoms. The number of aromatic carboxylic acids is 1. The van der Waals surface area contributed by atoms with Crippen molar-refractivity contribution in [2.75, 3.05) is 0 Å². The van der Waals surface area contributed by atoms with Gasteiger partial charge in [0, 0.05) is 30.6 Å². The molecule has 3 saturated carbocycles. The molecule has 0 unspecified atom stereocenters. The SMILES string of the molecule is CCCn1c(=O)c2[nH]c(C34CCC(NCc5ccc(C(=O)O)cc5)(CC3)CC4)nc2n(CCC)c1=O. The lowest BCUT2D eigenvalue weighted by Crippen LogP contribution is -2.56. The Balaban J connectivity index is 1.37. The van der Waals surface area contributed by atoms with Crippen LogP contribution in [-0.4, -0.2) is 35.7 Å². The number of carboxylic acid groups (broad SMARTS) is 1. The largest absolute Gasteiger partial charge is 0.478 e. The van der Waals surface area contributed by atoms with Crippen molar-refractivity contribution >= 4 is 17.1 Å². The molecule has 3 aliphatic rings. The molecular weight excluding hydrogens is 458 g/mol. The van der Waals surface area contributed by atoms with Crippen molar-refractivity contribution in [3.63, 3.8) is 0 Å². The molecule has 0 saturated heterocycles. The second-order valence-electron chi connectivity index (χ2n) is 10.6. The number of aryl methyl sites for hydroxylation is 1. The lowest BCUT2D eigenvalue weighted by atomic mass is 9.57. The van der Waals surface area contributed by atoms with Crippen molar-refractivity contribution in [2.24, 2.45) is 0 Å². The fourth-order valence-electron chi connectivity index (χ4n) is 6.12. The third-order valence-corrected chi connectivity index (χ3v) is 8.37. The maximum Gasteiger partial charge on any atom is 0.335 e. The molecule has 2 aromatic heterocycles. The highest BCUT2D eigenvalue weighted by Crippen LogP contribution is 2.53. The number of carboxylic acids is 1. The van der Waals surface area contributed by atoms with Crippen LogP contribution in [0.2, 0.25) is 0 Å². The quantitative estimate of drug-likeness (QED) is 0.419. The molecule has 6 rings (SSSR count). The van der Waals surface area contributed by atoms with Gasteiger partial charge in [0.1, 0.15) is 11.3 Å². The van der Waals surface area contributed by atoms with Gasteiger partial charge in [-0.1, -0.05) is 26.0 Å². The number of imidazole rings is 1. The smallest absolute Gasteiger partial charge is 0.335 e. The fourth-order valence-corrected chi connectivity index (χ4v) is 6.12. The third kappa shape index (κ3) is 4.09. The number of hydrogen-bond donors (Lipinski definition) is 3. The number of aromatic nitrogens is 4. The Bertz CT molecular complexity index is 1370. The number of H-pyrrole nitrogens is 1. The normalized spacial score (nSPS) is 23.4. The zero-order valence-electron chi connectivity index (χ0n) is 21.1. The van der Waals surface area contributed by atoms with Crippen LogP contribution in [0.1, 0.15) is 87.0 Å². The van der Waals surface area contributed by atoms with Gasteiger partial charge in [0.05, 0.1) is 5.56 Å². The van der Waals surface area contributed by atoms with Crippen molar-refractivity contribution in [3.8, 4) is 0 Å². The van der Waals surface area contributed by atoms with Gasteiger partial charge in [-0.25, -0.2) is 14.6 Å². The molecule has 2 heterocycles. The predicted octanol–water partition coefficient (Wildman–Crippen LogP) is 3.54. The van der Waals surface area contributed by atoms with Crippen molar-refractivity contribution in [2.45, 2.75) is 95.8 Å². The number of nitrogens with zero attached hydrogens (tertiary/aromatic N) is 3. The van der Waals surface area contributed by atoms with Crippen molar-refractivity contribution in [1.82, 2.24) is 24.4 Å². The summed E-state index contributed by atoms with van der Waals surface area (Å²) in [6, 6.07) is 7.05. The number of benzene rings is 1. The standard InChI is InChI=1S/C27H35N5O4/c1-3-15-31-21-20(22(33)32(16-4-2)25(31)36)29-24(30-21)26-9-12-27(13-10-26,14-11-26)28-17-18-5-7-19(8-6-18)23(34)35/h5-8,28H,3-4,9-17H2,1-2H3,(H,29,30)(H,34,35). The molecule has 192 valence electrons. The highest BCUT2D eigenvalue weighted by Gasteiger charge is 2.50. The fraction of sp³-hybridized carbons (Fsp3) is 0.556. The minimum absolute atomic E-state index is 0.0669. The average molecular weight is 494 g/mol. The zero-order chi connectivity index (χ0) is 25.5. The van der Waals surface area contributed by atoms with E-state index in [2.05, 4.69) is 10.3 Å². The summed E-state index contributed by atoms with van der Waals surface area (Å²) in [7, 11) is 0. The van der Waals surface area contributed by atoms with Gasteiger partial charge in [0.2, 0.25) is 0 Å². The summed E-state index contributed by atoms with van der Waals surface area (Å²) in [6.45, 7) is 5.64. The van der Waals surface area contributed by atoms with Crippen LogP contribution in [0, 0.1) is 0 Å². The van der Waals surface area contributed by atoms with Gasteiger partial charge in [-0.05, 0) is 69.1 Å². The number of rotatable bonds is 9. The summed E-state index contributed by atoms with van der Waals surface area (Å²) in [4.78, 5) is 45.6. The van der Waals surface area contributed by atoms with Gasteiger partial charge in [0.15, 0.2) is 5.65 Å². The maximum absolute atomic E-state index is 13.2.